The molecular formula is C15H18N2O2. The molecule has 0 radical (unpaired) electrons. The zero-order chi connectivity index (χ0) is 13.4. The highest BCUT2D eigenvalue weighted by molar-refractivity contribution is 5.95. The van der Waals surface area contributed by atoms with Crippen LogP contribution in [0.2, 0.25) is 0 Å². The van der Waals surface area contributed by atoms with Crippen LogP contribution in [0.3, 0.4) is 0 Å². The van der Waals surface area contributed by atoms with Gasteiger partial charge in [-0.3, -0.25) is 4.79 Å². The number of carbonyl (C=O) groups excluding carboxylic acids is 1. The molecule has 2 aromatic heterocycles. The van der Waals surface area contributed by atoms with Gasteiger partial charge in [-0.05, 0) is 38.8 Å². The first-order valence-electron chi connectivity index (χ1n) is 6.68. The molecule has 0 bridgehead atoms. The Morgan fingerprint density at radius 3 is 3.05 bits per heavy atom. The van der Waals surface area contributed by atoms with Gasteiger partial charge in [-0.15, -0.1) is 0 Å². The van der Waals surface area contributed by atoms with Crippen LogP contribution in [0.1, 0.15) is 52.0 Å². The van der Waals surface area contributed by atoms with E-state index in [2.05, 4.69) is 10.3 Å². The second-order valence-corrected chi connectivity index (χ2v) is 5.21. The fraction of sp³-hybridized carbons (Fsp3) is 0.400. The van der Waals surface area contributed by atoms with E-state index >= 15 is 0 Å². The van der Waals surface area contributed by atoms with Crippen LogP contribution in [-0.4, -0.2) is 10.9 Å². The summed E-state index contributed by atoms with van der Waals surface area (Å²) in [6, 6.07) is 3.93. The van der Waals surface area contributed by atoms with Gasteiger partial charge in [0.25, 0.3) is 5.91 Å². The molecule has 4 nitrogen and oxygen atoms in total. The molecule has 19 heavy (non-hydrogen) atoms. The summed E-state index contributed by atoms with van der Waals surface area (Å²) in [6.45, 7) is 3.88. The van der Waals surface area contributed by atoms with Gasteiger partial charge in [0.05, 0.1) is 17.9 Å². The van der Waals surface area contributed by atoms with Crippen LogP contribution in [0, 0.1) is 13.8 Å². The number of aromatic amines is 1. The molecule has 2 N–H and O–H groups in total. The summed E-state index contributed by atoms with van der Waals surface area (Å²) in [5.74, 6) is 0.999. The molecule has 0 aliphatic heterocycles. The van der Waals surface area contributed by atoms with Crippen molar-refractivity contribution >= 4 is 5.91 Å². The Bertz CT molecular complexity index is 609. The molecule has 1 aliphatic carbocycles. The SMILES string of the molecule is Cc1cc(C(=O)N[C@@H]2CCCc3occc32)c(C)[nH]1. The van der Waals surface area contributed by atoms with Crippen LogP contribution < -0.4 is 5.32 Å². The van der Waals surface area contributed by atoms with Crippen LogP contribution >= 0.6 is 0 Å². The number of H-pyrrole nitrogens is 1. The van der Waals surface area contributed by atoms with Gasteiger partial charge in [-0.25, -0.2) is 0 Å². The molecule has 0 aromatic carbocycles. The maximum absolute atomic E-state index is 12.3. The van der Waals surface area contributed by atoms with E-state index in [0.717, 1.165) is 47.5 Å². The van der Waals surface area contributed by atoms with E-state index < -0.39 is 0 Å². The molecule has 0 spiro atoms. The van der Waals surface area contributed by atoms with Gasteiger partial charge in [-0.1, -0.05) is 0 Å². The molecule has 0 saturated carbocycles. The number of amides is 1. The number of aryl methyl sites for hydroxylation is 3. The van der Waals surface area contributed by atoms with Gasteiger partial charge in [0.1, 0.15) is 5.76 Å². The highest BCUT2D eigenvalue weighted by Gasteiger charge is 2.25. The molecule has 1 aliphatic rings. The summed E-state index contributed by atoms with van der Waals surface area (Å²) in [4.78, 5) is 15.5. The lowest BCUT2D eigenvalue weighted by atomic mass is 9.93. The van der Waals surface area contributed by atoms with Crippen molar-refractivity contribution in [3.63, 3.8) is 0 Å². The quantitative estimate of drug-likeness (QED) is 0.869. The third-order valence-corrected chi connectivity index (χ3v) is 3.75. The van der Waals surface area contributed by atoms with Crippen molar-refractivity contribution in [2.45, 2.75) is 39.2 Å². The topological polar surface area (TPSA) is 58.0 Å². The zero-order valence-corrected chi connectivity index (χ0v) is 11.2. The molecule has 4 heteroatoms. The number of carbonyl (C=O) groups is 1. The number of aromatic nitrogens is 1. The zero-order valence-electron chi connectivity index (χ0n) is 11.2. The molecule has 0 saturated heterocycles. The van der Waals surface area contributed by atoms with Crippen molar-refractivity contribution in [3.8, 4) is 0 Å². The number of hydrogen-bond donors (Lipinski definition) is 2. The van der Waals surface area contributed by atoms with Crippen molar-refractivity contribution < 1.29 is 9.21 Å². The molecule has 0 fully saturated rings. The van der Waals surface area contributed by atoms with E-state index in [0.29, 0.717) is 0 Å². The maximum Gasteiger partial charge on any atom is 0.253 e. The van der Waals surface area contributed by atoms with Crippen molar-refractivity contribution in [1.82, 2.24) is 10.3 Å². The van der Waals surface area contributed by atoms with Gasteiger partial charge in [-0.2, -0.15) is 0 Å². The Morgan fingerprint density at radius 1 is 1.47 bits per heavy atom. The first kappa shape index (κ1) is 12.1. The summed E-state index contributed by atoms with van der Waals surface area (Å²) in [7, 11) is 0. The summed E-state index contributed by atoms with van der Waals surface area (Å²) in [5, 5.41) is 3.11. The van der Waals surface area contributed by atoms with Crippen molar-refractivity contribution in [3.05, 3.63) is 46.7 Å². The number of rotatable bonds is 2. The summed E-state index contributed by atoms with van der Waals surface area (Å²) in [6.07, 6.45) is 4.70. The normalized spacial score (nSPS) is 18.1. The largest absolute Gasteiger partial charge is 0.469 e. The molecule has 100 valence electrons. The lowest BCUT2D eigenvalue weighted by Crippen LogP contribution is -2.30. The minimum absolute atomic E-state index is 0.0131. The van der Waals surface area contributed by atoms with Crippen molar-refractivity contribution in [1.29, 1.82) is 0 Å². The minimum atomic E-state index is -0.0131. The van der Waals surface area contributed by atoms with E-state index in [1.165, 1.54) is 0 Å². The third-order valence-electron chi connectivity index (χ3n) is 3.75. The van der Waals surface area contributed by atoms with Crippen LogP contribution in [-0.2, 0) is 6.42 Å². The Kier molecular flexibility index (Phi) is 2.93. The third kappa shape index (κ3) is 2.18. The average Bonchev–Trinajstić information content (AvgIpc) is 2.96. The summed E-state index contributed by atoms with van der Waals surface area (Å²) >= 11 is 0. The number of nitrogens with one attached hydrogen (secondary N) is 2. The predicted octanol–water partition coefficient (Wildman–Crippen LogP) is 3.03. The standard InChI is InChI=1S/C15H18N2O2/c1-9-8-12(10(2)16-9)15(18)17-13-4-3-5-14-11(13)6-7-19-14/h6-8,13,16H,3-5H2,1-2H3,(H,17,18)/t13-/m1/s1. The van der Waals surface area contributed by atoms with Crippen molar-refractivity contribution in [2.24, 2.45) is 0 Å². The number of fused-ring (bicyclic) bond motifs is 1. The molecule has 1 amide bonds. The van der Waals surface area contributed by atoms with Crippen LogP contribution in [0.15, 0.2) is 22.8 Å². The smallest absolute Gasteiger partial charge is 0.253 e. The van der Waals surface area contributed by atoms with E-state index in [9.17, 15) is 4.79 Å². The average molecular weight is 258 g/mol. The fourth-order valence-electron chi connectivity index (χ4n) is 2.83. The van der Waals surface area contributed by atoms with E-state index in [1.807, 2.05) is 26.0 Å². The van der Waals surface area contributed by atoms with Gasteiger partial charge < -0.3 is 14.7 Å². The minimum Gasteiger partial charge on any atom is -0.469 e. The second kappa shape index (κ2) is 4.61. The van der Waals surface area contributed by atoms with Gasteiger partial charge in [0.2, 0.25) is 0 Å². The molecular weight excluding hydrogens is 240 g/mol. The monoisotopic (exact) mass is 258 g/mol. The maximum atomic E-state index is 12.3. The van der Waals surface area contributed by atoms with Crippen LogP contribution in [0.25, 0.3) is 0 Å². The summed E-state index contributed by atoms with van der Waals surface area (Å²) in [5.41, 5.74) is 3.78. The lowest BCUT2D eigenvalue weighted by Gasteiger charge is -2.22. The van der Waals surface area contributed by atoms with E-state index in [4.69, 9.17) is 4.42 Å². The molecule has 0 unspecified atom stereocenters. The first-order chi connectivity index (χ1) is 9.15. The lowest BCUT2D eigenvalue weighted by molar-refractivity contribution is 0.0932. The first-order valence-corrected chi connectivity index (χ1v) is 6.68. The van der Waals surface area contributed by atoms with Crippen molar-refractivity contribution in [2.75, 3.05) is 0 Å². The van der Waals surface area contributed by atoms with Crippen LogP contribution in [0.4, 0.5) is 0 Å². The van der Waals surface area contributed by atoms with E-state index in [-0.39, 0.29) is 11.9 Å². The van der Waals surface area contributed by atoms with Gasteiger partial charge in [0.15, 0.2) is 0 Å². The molecule has 2 heterocycles. The number of hydrogen-bond acceptors (Lipinski definition) is 2. The molecule has 1 atom stereocenters. The van der Waals surface area contributed by atoms with E-state index in [1.54, 1.807) is 6.26 Å². The highest BCUT2D eigenvalue weighted by Crippen LogP contribution is 2.30. The Labute approximate surface area is 112 Å². The Balaban J connectivity index is 1.80. The van der Waals surface area contributed by atoms with Gasteiger partial charge >= 0.3 is 0 Å². The van der Waals surface area contributed by atoms with Crippen LogP contribution in [0.5, 0.6) is 0 Å². The molecule has 2 aromatic rings. The molecule has 3 rings (SSSR count). The predicted molar refractivity (Wildman–Crippen MR) is 72.1 cm³/mol. The Hall–Kier alpha value is -1.97. The highest BCUT2D eigenvalue weighted by atomic mass is 16.3. The summed E-state index contributed by atoms with van der Waals surface area (Å²) < 4.78 is 5.44. The second-order valence-electron chi connectivity index (χ2n) is 5.21. The number of furan rings is 1. The fourth-order valence-corrected chi connectivity index (χ4v) is 2.83. The van der Waals surface area contributed by atoms with Gasteiger partial charge in [0, 0.05) is 23.4 Å². The Morgan fingerprint density at radius 2 is 2.32 bits per heavy atom.